The molecule has 0 aliphatic carbocycles. The number of methoxy groups -OCH3 is 1. The fraction of sp³-hybridized carbons (Fsp3) is 0.941. The predicted molar refractivity (Wildman–Crippen MR) is 112 cm³/mol. The Kier molecular flexibility index (Phi) is 16.3. The van der Waals surface area contributed by atoms with Gasteiger partial charge in [-0.3, -0.25) is 4.99 Å². The van der Waals surface area contributed by atoms with E-state index in [0.29, 0.717) is 19.8 Å². The van der Waals surface area contributed by atoms with Crippen molar-refractivity contribution in [3.63, 3.8) is 0 Å². The Morgan fingerprint density at radius 1 is 1.21 bits per heavy atom. The average molecular weight is 456 g/mol. The van der Waals surface area contributed by atoms with Gasteiger partial charge in [-0.05, 0) is 39.7 Å². The molecule has 0 saturated carbocycles. The number of guanidine groups is 1. The summed E-state index contributed by atoms with van der Waals surface area (Å²) in [5, 5.41) is 6.58. The normalized spacial score (nSPS) is 19.0. The highest BCUT2D eigenvalue weighted by Gasteiger charge is 2.16. The van der Waals surface area contributed by atoms with Crippen molar-refractivity contribution >= 4 is 29.9 Å². The van der Waals surface area contributed by atoms with Crippen molar-refractivity contribution in [3.05, 3.63) is 0 Å². The van der Waals surface area contributed by atoms with Crippen molar-refractivity contribution in [1.29, 1.82) is 0 Å². The van der Waals surface area contributed by atoms with Gasteiger partial charge < -0.3 is 25.0 Å². The van der Waals surface area contributed by atoms with Crippen molar-refractivity contribution in [3.8, 4) is 0 Å². The highest BCUT2D eigenvalue weighted by Crippen LogP contribution is 2.16. The summed E-state index contributed by atoms with van der Waals surface area (Å²) in [6.45, 7) is 11.3. The lowest BCUT2D eigenvalue weighted by Gasteiger charge is -2.33. The highest BCUT2D eigenvalue weighted by atomic mass is 127. The summed E-state index contributed by atoms with van der Waals surface area (Å²) >= 11 is 0. The third kappa shape index (κ3) is 11.4. The molecule has 24 heavy (non-hydrogen) atoms. The first kappa shape index (κ1) is 23.9. The number of rotatable bonds is 11. The second kappa shape index (κ2) is 16.4. The van der Waals surface area contributed by atoms with E-state index in [4.69, 9.17) is 9.47 Å². The molecule has 6 nitrogen and oxygen atoms in total. The molecule has 0 amide bonds. The van der Waals surface area contributed by atoms with Crippen LogP contribution in [0.25, 0.3) is 0 Å². The molecule has 0 spiro atoms. The maximum atomic E-state index is 5.44. The highest BCUT2D eigenvalue weighted by molar-refractivity contribution is 14.0. The second-order valence-electron chi connectivity index (χ2n) is 6.03. The Balaban J connectivity index is 0.00000529. The molecule has 0 aromatic carbocycles. The molecule has 1 saturated heterocycles. The van der Waals surface area contributed by atoms with Crippen LogP contribution < -0.4 is 10.6 Å². The Hall–Kier alpha value is -0.120. The van der Waals surface area contributed by atoms with E-state index in [2.05, 4.69) is 34.4 Å². The number of piperidine rings is 1. The van der Waals surface area contributed by atoms with E-state index in [1.807, 2.05) is 0 Å². The summed E-state index contributed by atoms with van der Waals surface area (Å²) in [4.78, 5) is 7.24. The Labute approximate surface area is 165 Å². The molecule has 0 aromatic rings. The van der Waals surface area contributed by atoms with Crippen LogP contribution >= 0.6 is 24.0 Å². The van der Waals surface area contributed by atoms with Crippen LogP contribution in [0, 0.1) is 0 Å². The molecule has 1 fully saturated rings. The van der Waals surface area contributed by atoms with Crippen LogP contribution in [0.5, 0.6) is 0 Å². The van der Waals surface area contributed by atoms with E-state index in [9.17, 15) is 0 Å². The number of nitrogens with zero attached hydrogens (tertiary/aromatic N) is 2. The molecule has 1 aliphatic rings. The lowest BCUT2D eigenvalue weighted by Crippen LogP contribution is -2.40. The van der Waals surface area contributed by atoms with Gasteiger partial charge in [0.2, 0.25) is 0 Å². The largest absolute Gasteiger partial charge is 0.382 e. The van der Waals surface area contributed by atoms with Gasteiger partial charge in [0.05, 0.1) is 19.8 Å². The van der Waals surface area contributed by atoms with E-state index >= 15 is 0 Å². The van der Waals surface area contributed by atoms with Crippen LogP contribution in [-0.4, -0.2) is 76.6 Å². The lowest BCUT2D eigenvalue weighted by molar-refractivity contribution is 0.0733. The number of ether oxygens (including phenoxy) is 2. The predicted octanol–water partition coefficient (Wildman–Crippen LogP) is 2.09. The van der Waals surface area contributed by atoms with Crippen molar-refractivity contribution < 1.29 is 9.47 Å². The Bertz CT molecular complexity index is 319. The minimum atomic E-state index is 0. The smallest absolute Gasteiger partial charge is 0.191 e. The molecule has 7 heteroatoms. The topological polar surface area (TPSA) is 58.1 Å². The number of hydrogen-bond acceptors (Lipinski definition) is 4. The minimum Gasteiger partial charge on any atom is -0.382 e. The van der Waals surface area contributed by atoms with Gasteiger partial charge in [-0.1, -0.05) is 6.42 Å². The van der Waals surface area contributed by atoms with Crippen molar-refractivity contribution in [1.82, 2.24) is 15.5 Å². The summed E-state index contributed by atoms with van der Waals surface area (Å²) in [7, 11) is 1.68. The Morgan fingerprint density at radius 3 is 2.75 bits per heavy atom. The van der Waals surface area contributed by atoms with Crippen LogP contribution in [0.4, 0.5) is 0 Å². The Morgan fingerprint density at radius 2 is 2.04 bits per heavy atom. The lowest BCUT2D eigenvalue weighted by atomic mass is 10.0. The van der Waals surface area contributed by atoms with E-state index in [1.54, 1.807) is 7.11 Å². The van der Waals surface area contributed by atoms with Gasteiger partial charge in [0.1, 0.15) is 0 Å². The molecule has 0 aromatic heterocycles. The fourth-order valence-electron chi connectivity index (χ4n) is 2.78. The number of nitrogens with one attached hydrogen (secondary N) is 2. The van der Waals surface area contributed by atoms with Crippen LogP contribution in [0.1, 0.15) is 39.5 Å². The van der Waals surface area contributed by atoms with E-state index in [1.165, 1.54) is 25.8 Å². The van der Waals surface area contributed by atoms with Gasteiger partial charge in [0.15, 0.2) is 5.96 Å². The zero-order chi connectivity index (χ0) is 16.8. The van der Waals surface area contributed by atoms with E-state index < -0.39 is 0 Å². The summed E-state index contributed by atoms with van der Waals surface area (Å²) in [5.41, 5.74) is 0. The quantitative estimate of drug-likeness (QED) is 0.216. The summed E-state index contributed by atoms with van der Waals surface area (Å²) in [6.07, 6.45) is 5.19. The second-order valence-corrected chi connectivity index (χ2v) is 6.03. The molecule has 1 aliphatic heterocycles. The number of hydrogen-bond donors (Lipinski definition) is 2. The third-order valence-corrected chi connectivity index (χ3v) is 4.13. The minimum absolute atomic E-state index is 0. The van der Waals surface area contributed by atoms with Gasteiger partial charge in [0.25, 0.3) is 0 Å². The van der Waals surface area contributed by atoms with Gasteiger partial charge in [0, 0.05) is 39.3 Å². The molecule has 1 rings (SSSR count). The van der Waals surface area contributed by atoms with Gasteiger partial charge in [-0.15, -0.1) is 24.0 Å². The number of likely N-dealkylation sites (tertiary alicyclic amines) is 1. The molecular formula is C17H37IN4O2. The first-order valence-electron chi connectivity index (χ1n) is 9.10. The zero-order valence-corrected chi connectivity index (χ0v) is 18.0. The third-order valence-electron chi connectivity index (χ3n) is 4.13. The van der Waals surface area contributed by atoms with Crippen molar-refractivity contribution in [2.24, 2.45) is 4.99 Å². The summed E-state index contributed by atoms with van der Waals surface area (Å²) in [6, 6.07) is 0.739. The summed E-state index contributed by atoms with van der Waals surface area (Å²) < 4.78 is 10.4. The molecule has 144 valence electrons. The van der Waals surface area contributed by atoms with Gasteiger partial charge in [-0.2, -0.15) is 0 Å². The molecule has 0 bridgehead atoms. The van der Waals surface area contributed by atoms with Gasteiger partial charge in [-0.25, -0.2) is 0 Å². The van der Waals surface area contributed by atoms with Crippen LogP contribution in [-0.2, 0) is 9.47 Å². The molecule has 0 radical (unpaired) electrons. The van der Waals surface area contributed by atoms with Crippen molar-refractivity contribution in [2.45, 2.75) is 45.6 Å². The van der Waals surface area contributed by atoms with Crippen molar-refractivity contribution in [2.75, 3.05) is 59.7 Å². The van der Waals surface area contributed by atoms with E-state index in [0.717, 1.165) is 44.6 Å². The molecular weight excluding hydrogens is 419 g/mol. The van der Waals surface area contributed by atoms with Gasteiger partial charge >= 0.3 is 0 Å². The number of aliphatic imine (C=N–C) groups is 1. The first-order chi connectivity index (χ1) is 11.3. The number of halogens is 1. The first-order valence-corrected chi connectivity index (χ1v) is 9.10. The monoisotopic (exact) mass is 456 g/mol. The zero-order valence-electron chi connectivity index (χ0n) is 15.7. The SMILES string of the molecule is CCNC(=NCCCN1CCCCC1C)NCCOCCOC.I. The molecule has 1 atom stereocenters. The maximum absolute atomic E-state index is 5.44. The van der Waals surface area contributed by atoms with Crippen LogP contribution in [0.15, 0.2) is 4.99 Å². The average Bonchev–Trinajstić information content (AvgIpc) is 2.56. The standard InChI is InChI=1S/C17H36N4O2.HI/c1-4-18-17(20-10-13-23-15-14-22-3)19-9-7-12-21-11-6-5-8-16(21)2;/h16H,4-15H2,1-3H3,(H2,18,19,20);1H. The molecule has 1 heterocycles. The van der Waals surface area contributed by atoms with E-state index in [-0.39, 0.29) is 24.0 Å². The van der Waals surface area contributed by atoms with Crippen LogP contribution in [0.2, 0.25) is 0 Å². The fourth-order valence-corrected chi connectivity index (χ4v) is 2.78. The molecule has 2 N–H and O–H groups in total. The summed E-state index contributed by atoms with van der Waals surface area (Å²) in [5.74, 6) is 0.884. The van der Waals surface area contributed by atoms with Crippen LogP contribution in [0.3, 0.4) is 0 Å². The maximum Gasteiger partial charge on any atom is 0.191 e. The molecule has 1 unspecified atom stereocenters.